The van der Waals surface area contributed by atoms with E-state index in [0.717, 1.165) is 0 Å². The van der Waals surface area contributed by atoms with Gasteiger partial charge in [0.25, 0.3) is 0 Å². The third-order valence-corrected chi connectivity index (χ3v) is 0. The van der Waals surface area contributed by atoms with Crippen molar-refractivity contribution < 1.29 is 72.3 Å². The van der Waals surface area contributed by atoms with Crippen LogP contribution in [0.25, 0.3) is 0 Å². The molecule has 0 heterocycles. The monoisotopic (exact) mass is 282 g/mol. The second-order valence-corrected chi connectivity index (χ2v) is 1.96. The molecule has 0 saturated carbocycles. The molecule has 0 spiro atoms. The predicted molar refractivity (Wildman–Crippen MR) is 25.9 cm³/mol. The van der Waals surface area contributed by atoms with Gasteiger partial charge >= 0.3 is 37.2 Å². The van der Waals surface area contributed by atoms with Crippen molar-refractivity contribution in [2.75, 3.05) is 0 Å². The Morgan fingerprint density at radius 3 is 1.10 bits per heavy atom. The molecule has 0 aliphatic carbocycles. The average molecular weight is 282 g/mol. The molecular formula is H7AlBCrO6Y. The molecule has 0 aromatic heterocycles. The summed E-state index contributed by atoms with van der Waals surface area (Å²) in [5.41, 5.74) is 0. The summed E-state index contributed by atoms with van der Waals surface area (Å²) in [4.78, 5) is 0. The van der Waals surface area contributed by atoms with E-state index in [4.69, 9.17) is 26.0 Å². The molecule has 0 bridgehead atoms. The zero-order valence-corrected chi connectivity index (χ0v) is 8.28. The van der Waals surface area contributed by atoms with Gasteiger partial charge in [0.1, 0.15) is 0 Å². The van der Waals surface area contributed by atoms with Gasteiger partial charge in [0.2, 0.25) is 0 Å². The van der Waals surface area contributed by atoms with Crippen LogP contribution in [0.3, 0.4) is 0 Å². The molecular weight excluding hydrogens is 275 g/mol. The summed E-state index contributed by atoms with van der Waals surface area (Å²) in [7, 11) is 0. The van der Waals surface area contributed by atoms with Crippen LogP contribution >= 0.6 is 0 Å². The van der Waals surface area contributed by atoms with Crippen molar-refractivity contribution in [3.63, 3.8) is 0 Å². The number of hydrogen-bond donors (Lipinski definition) is 4. The first kappa shape index (κ1) is 22.6. The summed E-state index contributed by atoms with van der Waals surface area (Å²) in [5, 5.41) is 14.0. The summed E-state index contributed by atoms with van der Waals surface area (Å²) in [5.74, 6) is 0. The van der Waals surface area contributed by atoms with Crippen LogP contribution in [0.2, 0.25) is 0 Å². The molecule has 0 saturated heterocycles. The topological polar surface area (TPSA) is 115 Å². The zero-order chi connectivity index (χ0) is 7.21. The van der Waals surface area contributed by atoms with Crippen LogP contribution in [-0.4, -0.2) is 43.4 Å². The van der Waals surface area contributed by atoms with Gasteiger partial charge in [0.15, 0.2) is 17.4 Å². The molecule has 0 atom stereocenters. The summed E-state index contributed by atoms with van der Waals surface area (Å²) in [6, 6.07) is 0. The molecule has 0 fully saturated rings. The maximum Gasteiger partial charge on any atom is 0 e. The van der Waals surface area contributed by atoms with Gasteiger partial charge in [-0.05, 0) is 0 Å². The fraction of sp³-hybridized carbons (Fsp3) is 0. The zero-order valence-electron chi connectivity index (χ0n) is 4.17. The van der Waals surface area contributed by atoms with Crippen LogP contribution in [0.15, 0.2) is 0 Å². The first-order valence-corrected chi connectivity index (χ1v) is 3.40. The molecule has 0 amide bonds. The van der Waals surface area contributed by atoms with E-state index in [-0.39, 0.29) is 57.8 Å². The molecule has 6 nitrogen and oxygen atoms in total. The largest absolute Gasteiger partial charge is 0 e. The van der Waals surface area contributed by atoms with Crippen LogP contribution in [0.5, 0.6) is 0 Å². The summed E-state index contributed by atoms with van der Waals surface area (Å²) in [6.07, 6.45) is 0. The van der Waals surface area contributed by atoms with Crippen molar-refractivity contribution in [3.05, 3.63) is 0 Å². The molecule has 10 heavy (non-hydrogen) atoms. The Hall–Kier alpha value is 1.67. The van der Waals surface area contributed by atoms with Crippen LogP contribution < -0.4 is 0 Å². The van der Waals surface area contributed by atoms with Crippen molar-refractivity contribution >= 4 is 25.0 Å². The third-order valence-electron chi connectivity index (χ3n) is 0. The van der Waals surface area contributed by atoms with Gasteiger partial charge in [0, 0.05) is 32.7 Å². The van der Waals surface area contributed by atoms with Crippen molar-refractivity contribution in [1.29, 1.82) is 0 Å². The van der Waals surface area contributed by atoms with Gasteiger partial charge in [-0.25, -0.2) is 0 Å². The molecule has 10 heteroatoms. The maximum atomic E-state index is 8.82. The fourth-order valence-corrected chi connectivity index (χ4v) is 0. The molecule has 58 valence electrons. The van der Waals surface area contributed by atoms with Crippen LogP contribution in [-0.2, 0) is 53.9 Å². The van der Waals surface area contributed by atoms with E-state index in [2.05, 4.69) is 0 Å². The maximum absolute atomic E-state index is 8.82. The Labute approximate surface area is 96.3 Å². The van der Waals surface area contributed by atoms with Gasteiger partial charge < -0.3 is 10.0 Å². The minimum absolute atomic E-state index is 0. The molecule has 2 radical (unpaired) electrons. The Morgan fingerprint density at radius 2 is 1.10 bits per heavy atom. The van der Waals surface area contributed by atoms with E-state index in [0.29, 0.717) is 0 Å². The Kier molecular flexibility index (Phi) is 30.0. The summed E-state index contributed by atoms with van der Waals surface area (Å²) >= 11 is -5.25. The molecule has 0 aliphatic rings. The Balaban J connectivity index is -0.0000000326. The van der Waals surface area contributed by atoms with Crippen LogP contribution in [0.4, 0.5) is 0 Å². The SMILES string of the molecule is O[B]O.[AlH3].[O]=[Cr](=[O])([OH])[OH].[Y]. The van der Waals surface area contributed by atoms with E-state index >= 15 is 0 Å². The quantitative estimate of drug-likeness (QED) is 0.336. The molecule has 0 rings (SSSR count). The molecule has 0 aromatic carbocycles. The van der Waals surface area contributed by atoms with Gasteiger partial charge in [-0.1, -0.05) is 0 Å². The van der Waals surface area contributed by atoms with Crippen molar-refractivity contribution in [3.8, 4) is 0 Å². The number of hydrogen-bond acceptors (Lipinski definition) is 4. The van der Waals surface area contributed by atoms with Gasteiger partial charge in [0.05, 0.1) is 0 Å². The van der Waals surface area contributed by atoms with E-state index in [1.54, 1.807) is 0 Å². The van der Waals surface area contributed by atoms with Gasteiger partial charge in [-0.15, -0.1) is 0 Å². The second-order valence-electron chi connectivity index (χ2n) is 0.563. The van der Waals surface area contributed by atoms with Gasteiger partial charge in [-0.3, -0.25) is 0 Å². The fourth-order valence-electron chi connectivity index (χ4n) is 0. The molecule has 4 N–H and O–H groups in total. The Bertz CT molecular complexity index is 112. The van der Waals surface area contributed by atoms with Crippen molar-refractivity contribution in [2.45, 2.75) is 0 Å². The normalized spacial score (nSPS) is 7.20. The summed E-state index contributed by atoms with van der Waals surface area (Å²) in [6.45, 7) is 0. The Morgan fingerprint density at radius 1 is 1.10 bits per heavy atom. The van der Waals surface area contributed by atoms with Crippen LogP contribution in [0.1, 0.15) is 0 Å². The second kappa shape index (κ2) is 13.3. The van der Waals surface area contributed by atoms with E-state index in [1.807, 2.05) is 0 Å². The molecule has 0 unspecified atom stereocenters. The molecule has 0 aliphatic heterocycles. The van der Waals surface area contributed by atoms with Crippen LogP contribution in [0, 0.1) is 0 Å². The van der Waals surface area contributed by atoms with E-state index < -0.39 is 13.6 Å². The van der Waals surface area contributed by atoms with E-state index in [1.165, 1.54) is 0 Å². The number of rotatable bonds is 0. The standard InChI is InChI=1S/Al.BH2O2.Cr.2H2O.2O.Y.3H/c;2-1-3;;;;;;;;;/h;2-3H;;2*1H2;;;;;;/q;;+2;;;;;;;;/p-2. The first-order valence-electron chi connectivity index (χ1n) is 1.21. The minimum Gasteiger partial charge on any atom is 0 e. The smallest absolute Gasteiger partial charge is 0 e. The summed E-state index contributed by atoms with van der Waals surface area (Å²) < 4.78 is 31.9. The van der Waals surface area contributed by atoms with E-state index in [9.17, 15) is 0 Å². The van der Waals surface area contributed by atoms with Crippen molar-refractivity contribution in [1.82, 2.24) is 0 Å². The third kappa shape index (κ3) is 260. The average Bonchev–Trinajstić information content (AvgIpc) is 1.27. The predicted octanol–water partition coefficient (Wildman–Crippen LogP) is -4.04. The minimum atomic E-state index is -5.25. The molecule has 0 aromatic rings. The van der Waals surface area contributed by atoms with Crippen molar-refractivity contribution in [2.24, 2.45) is 0 Å². The first-order chi connectivity index (χ1) is 3.41. The van der Waals surface area contributed by atoms with Gasteiger partial charge in [-0.2, -0.15) is 0 Å².